The van der Waals surface area contributed by atoms with Crippen LogP contribution in [-0.4, -0.2) is 44.2 Å². The van der Waals surface area contributed by atoms with Gasteiger partial charge in [0.2, 0.25) is 11.8 Å². The number of sulfone groups is 1. The summed E-state index contributed by atoms with van der Waals surface area (Å²) in [4.78, 5) is 24.0. The number of carbonyl (C=O) groups is 2. The molecule has 184 valence electrons. The Labute approximate surface area is 201 Å². The van der Waals surface area contributed by atoms with Crippen molar-refractivity contribution < 1.29 is 23.1 Å². The molecule has 7 nitrogen and oxygen atoms in total. The van der Waals surface area contributed by atoms with Gasteiger partial charge in [-0.3, -0.25) is 9.59 Å². The van der Waals surface area contributed by atoms with Crippen molar-refractivity contribution >= 4 is 27.3 Å². The van der Waals surface area contributed by atoms with Gasteiger partial charge in [-0.15, -0.1) is 0 Å². The number of amides is 2. The van der Waals surface area contributed by atoms with Gasteiger partial charge in [0.1, 0.15) is 6.42 Å². The highest BCUT2D eigenvalue weighted by Crippen LogP contribution is 2.49. The fourth-order valence-electron chi connectivity index (χ4n) is 4.92. The number of aliphatic hydroxyl groups is 1. The van der Waals surface area contributed by atoms with E-state index < -0.39 is 39.1 Å². The van der Waals surface area contributed by atoms with Crippen molar-refractivity contribution in [1.82, 2.24) is 5.32 Å². The second-order valence-electron chi connectivity index (χ2n) is 9.06. The minimum absolute atomic E-state index is 0.129. The molecule has 3 N–H and O–H groups in total. The van der Waals surface area contributed by atoms with Crippen LogP contribution in [0.1, 0.15) is 63.0 Å². The second-order valence-corrected chi connectivity index (χ2v) is 11.0. The summed E-state index contributed by atoms with van der Waals surface area (Å²) in [5.41, 5.74) is 0.866. The summed E-state index contributed by atoms with van der Waals surface area (Å²) in [5, 5.41) is 16.9. The van der Waals surface area contributed by atoms with E-state index in [1.54, 1.807) is 6.07 Å². The number of anilines is 1. The lowest BCUT2D eigenvalue weighted by atomic mass is 9.69. The van der Waals surface area contributed by atoms with Crippen LogP contribution in [0.25, 0.3) is 0 Å². The number of hydrogen-bond donors (Lipinski definition) is 3. The van der Waals surface area contributed by atoms with Gasteiger partial charge in [0.15, 0.2) is 9.84 Å². The Morgan fingerprint density at radius 2 is 1.79 bits per heavy atom. The maximum absolute atomic E-state index is 13.6. The summed E-state index contributed by atoms with van der Waals surface area (Å²) < 4.78 is 27.2. The summed E-state index contributed by atoms with van der Waals surface area (Å²) in [5.74, 6) is -1.63. The molecule has 1 heterocycles. The van der Waals surface area contributed by atoms with Crippen LogP contribution >= 0.6 is 0 Å². The Morgan fingerprint density at radius 1 is 1.09 bits per heavy atom. The van der Waals surface area contributed by atoms with Crippen molar-refractivity contribution in [3.63, 3.8) is 0 Å². The van der Waals surface area contributed by atoms with Gasteiger partial charge in [-0.1, -0.05) is 57.0 Å². The zero-order valence-corrected chi connectivity index (χ0v) is 20.8. The third-order valence-corrected chi connectivity index (χ3v) is 8.87. The largest absolute Gasteiger partial charge is 0.392 e. The Morgan fingerprint density at radius 3 is 2.41 bits per heavy atom. The van der Waals surface area contributed by atoms with Crippen LogP contribution in [0.5, 0.6) is 0 Å². The zero-order valence-electron chi connectivity index (χ0n) is 20.0. The topological polar surface area (TPSA) is 113 Å². The van der Waals surface area contributed by atoms with Gasteiger partial charge < -0.3 is 15.7 Å². The summed E-state index contributed by atoms with van der Waals surface area (Å²) in [6, 6.07) is 14.1. The molecule has 34 heavy (non-hydrogen) atoms. The molecule has 2 aromatic carbocycles. The van der Waals surface area contributed by atoms with Crippen molar-refractivity contribution in [1.29, 1.82) is 0 Å². The average molecular weight is 487 g/mol. The highest BCUT2D eigenvalue weighted by Gasteiger charge is 2.48. The van der Waals surface area contributed by atoms with Crippen LogP contribution in [0, 0.1) is 5.41 Å². The molecule has 3 rings (SSSR count). The SMILES string of the molecule is CCCC[C@]1(CC)CS(=O)(=O)c2ccc(NC(=O)CC(=O)NC)cc2[C@@H](c2ccccc2)[C@H]1O. The first-order valence-electron chi connectivity index (χ1n) is 11.8. The molecule has 2 amide bonds. The summed E-state index contributed by atoms with van der Waals surface area (Å²) >= 11 is 0. The molecule has 0 unspecified atom stereocenters. The third-order valence-electron chi connectivity index (χ3n) is 6.88. The van der Waals surface area contributed by atoms with Crippen LogP contribution in [-0.2, 0) is 19.4 Å². The molecule has 0 saturated heterocycles. The van der Waals surface area contributed by atoms with Gasteiger partial charge >= 0.3 is 0 Å². The highest BCUT2D eigenvalue weighted by molar-refractivity contribution is 7.91. The van der Waals surface area contributed by atoms with Gasteiger partial charge in [-0.05, 0) is 42.2 Å². The molecule has 0 aliphatic carbocycles. The van der Waals surface area contributed by atoms with E-state index in [-0.39, 0.29) is 17.1 Å². The first-order chi connectivity index (χ1) is 16.2. The molecule has 1 aliphatic rings. The van der Waals surface area contributed by atoms with E-state index in [2.05, 4.69) is 17.6 Å². The van der Waals surface area contributed by atoms with E-state index in [4.69, 9.17) is 0 Å². The molecule has 0 bridgehead atoms. The predicted octanol–water partition coefficient (Wildman–Crippen LogP) is 3.63. The lowest BCUT2D eigenvalue weighted by Gasteiger charge is -2.39. The fourth-order valence-corrected chi connectivity index (χ4v) is 7.17. The molecule has 0 aromatic heterocycles. The highest BCUT2D eigenvalue weighted by atomic mass is 32.2. The summed E-state index contributed by atoms with van der Waals surface area (Å²) in [7, 11) is -2.26. The quantitative estimate of drug-likeness (QED) is 0.493. The third kappa shape index (κ3) is 5.33. The number of fused-ring (bicyclic) bond motifs is 1. The summed E-state index contributed by atoms with van der Waals surface area (Å²) in [6.07, 6.45) is 1.58. The van der Waals surface area contributed by atoms with Crippen LogP contribution in [0.2, 0.25) is 0 Å². The smallest absolute Gasteiger partial charge is 0.233 e. The molecule has 2 aromatic rings. The van der Waals surface area contributed by atoms with Crippen molar-refractivity contribution in [2.24, 2.45) is 5.41 Å². The predicted molar refractivity (Wildman–Crippen MR) is 132 cm³/mol. The van der Waals surface area contributed by atoms with E-state index in [9.17, 15) is 23.1 Å². The second kappa shape index (κ2) is 10.7. The maximum atomic E-state index is 13.6. The standard InChI is InChI=1S/C26H34N2O5S/c1-4-6-14-26(5-2)17-34(32,33)21-13-12-19(28-23(30)16-22(29)27-3)15-20(21)24(25(26)31)18-10-8-7-9-11-18/h7-13,15,24-25,31H,4-6,14,16-17H2,1-3H3,(H,27,29)(H,28,30)/t24-,25-,26-/m1/s1. The van der Waals surface area contributed by atoms with E-state index in [0.717, 1.165) is 18.4 Å². The number of carbonyl (C=O) groups excluding carboxylic acids is 2. The molecular formula is C26H34N2O5S. The van der Waals surface area contributed by atoms with Gasteiger partial charge in [-0.2, -0.15) is 0 Å². The molecule has 3 atom stereocenters. The minimum Gasteiger partial charge on any atom is -0.392 e. The average Bonchev–Trinajstić information content (AvgIpc) is 2.88. The first-order valence-corrected chi connectivity index (χ1v) is 13.4. The van der Waals surface area contributed by atoms with Crippen molar-refractivity contribution in [2.45, 2.75) is 62.9 Å². The number of rotatable bonds is 8. The first kappa shape index (κ1) is 25.9. The summed E-state index contributed by atoms with van der Waals surface area (Å²) in [6.45, 7) is 4.00. The molecule has 0 fully saturated rings. The Hall–Kier alpha value is -2.71. The number of aliphatic hydroxyl groups excluding tert-OH is 1. The van der Waals surface area contributed by atoms with Gasteiger partial charge in [0, 0.05) is 24.1 Å². The number of benzene rings is 2. The van der Waals surface area contributed by atoms with E-state index >= 15 is 0 Å². The Balaban J connectivity index is 2.16. The van der Waals surface area contributed by atoms with Crippen LogP contribution in [0.3, 0.4) is 0 Å². The maximum Gasteiger partial charge on any atom is 0.233 e. The Kier molecular flexibility index (Phi) is 8.15. The van der Waals surface area contributed by atoms with Crippen molar-refractivity contribution in [2.75, 3.05) is 18.1 Å². The van der Waals surface area contributed by atoms with Gasteiger partial charge in [0.05, 0.1) is 16.8 Å². The number of unbranched alkanes of at least 4 members (excludes halogenated alkanes) is 1. The van der Waals surface area contributed by atoms with E-state index in [1.165, 1.54) is 19.2 Å². The zero-order chi connectivity index (χ0) is 24.9. The van der Waals surface area contributed by atoms with E-state index in [0.29, 0.717) is 24.1 Å². The van der Waals surface area contributed by atoms with Crippen molar-refractivity contribution in [3.8, 4) is 0 Å². The molecule has 1 aliphatic heterocycles. The van der Waals surface area contributed by atoms with Gasteiger partial charge in [0.25, 0.3) is 0 Å². The number of nitrogens with one attached hydrogen (secondary N) is 2. The molecule has 0 saturated carbocycles. The van der Waals surface area contributed by atoms with E-state index in [1.807, 2.05) is 37.3 Å². The van der Waals surface area contributed by atoms with Gasteiger partial charge in [-0.25, -0.2) is 8.42 Å². The monoisotopic (exact) mass is 486 g/mol. The lowest BCUT2D eigenvalue weighted by Crippen LogP contribution is -2.42. The molecule has 8 heteroatoms. The molecule has 0 radical (unpaired) electrons. The Bertz CT molecular complexity index is 1130. The minimum atomic E-state index is -3.71. The molecule has 0 spiro atoms. The van der Waals surface area contributed by atoms with Crippen LogP contribution in [0.4, 0.5) is 5.69 Å². The fraction of sp³-hybridized carbons (Fsp3) is 0.462. The normalized spacial score (nSPS) is 23.4. The molecular weight excluding hydrogens is 452 g/mol. The number of hydrogen-bond acceptors (Lipinski definition) is 5. The van der Waals surface area contributed by atoms with Crippen LogP contribution in [0.15, 0.2) is 53.4 Å². The lowest BCUT2D eigenvalue weighted by molar-refractivity contribution is -0.126. The van der Waals surface area contributed by atoms with Crippen LogP contribution < -0.4 is 10.6 Å². The van der Waals surface area contributed by atoms with Crippen molar-refractivity contribution in [3.05, 3.63) is 59.7 Å².